The van der Waals surface area contributed by atoms with E-state index in [4.69, 9.17) is 21.1 Å². The van der Waals surface area contributed by atoms with Crippen LogP contribution >= 0.6 is 11.6 Å². The van der Waals surface area contributed by atoms with Gasteiger partial charge in [-0.3, -0.25) is 20.4 Å². The van der Waals surface area contributed by atoms with Gasteiger partial charge in [-0.05, 0) is 48.4 Å². The van der Waals surface area contributed by atoms with Crippen molar-refractivity contribution >= 4 is 29.5 Å². The normalized spacial score (nSPS) is 10.5. The summed E-state index contributed by atoms with van der Waals surface area (Å²) < 4.78 is 10.9. The van der Waals surface area contributed by atoms with Crippen molar-refractivity contribution in [2.24, 2.45) is 0 Å². The maximum absolute atomic E-state index is 11.9. The molecule has 0 saturated heterocycles. The zero-order valence-corrected chi connectivity index (χ0v) is 15.9. The molecular weight excluding hydrogens is 368 g/mol. The third-order valence-electron chi connectivity index (χ3n) is 3.46. The lowest BCUT2D eigenvalue weighted by molar-refractivity contribution is -0.117. The minimum atomic E-state index is -0.476. The van der Waals surface area contributed by atoms with Gasteiger partial charge in [0.05, 0.1) is 13.7 Å². The molecule has 2 rings (SSSR count). The second kappa shape index (κ2) is 10.2. The van der Waals surface area contributed by atoms with Crippen LogP contribution in [0.1, 0.15) is 29.3 Å². The Morgan fingerprint density at radius 3 is 2.63 bits per heavy atom. The van der Waals surface area contributed by atoms with Gasteiger partial charge in [0.15, 0.2) is 11.5 Å². The van der Waals surface area contributed by atoms with Crippen LogP contribution in [0.5, 0.6) is 11.5 Å². The molecule has 2 N–H and O–H groups in total. The van der Waals surface area contributed by atoms with Crippen molar-refractivity contribution in [2.75, 3.05) is 13.7 Å². The zero-order valence-electron chi connectivity index (χ0n) is 15.1. The van der Waals surface area contributed by atoms with Crippen LogP contribution in [0, 0.1) is 0 Å². The molecule has 27 heavy (non-hydrogen) atoms. The van der Waals surface area contributed by atoms with E-state index >= 15 is 0 Å². The lowest BCUT2D eigenvalue weighted by atomic mass is 10.2. The molecule has 0 atom stereocenters. The van der Waals surface area contributed by atoms with E-state index < -0.39 is 11.8 Å². The summed E-state index contributed by atoms with van der Waals surface area (Å²) in [4.78, 5) is 23.8. The first kappa shape index (κ1) is 20.3. The second-order valence-electron chi connectivity index (χ2n) is 5.55. The molecular formula is C20H21ClN2O4. The van der Waals surface area contributed by atoms with E-state index in [-0.39, 0.29) is 0 Å². The highest BCUT2D eigenvalue weighted by Gasteiger charge is 2.07. The number of methoxy groups -OCH3 is 1. The summed E-state index contributed by atoms with van der Waals surface area (Å²) in [6.45, 7) is 2.62. The molecule has 0 aliphatic heterocycles. The van der Waals surface area contributed by atoms with Crippen molar-refractivity contribution in [1.29, 1.82) is 0 Å². The first-order valence-electron chi connectivity index (χ1n) is 8.38. The first-order valence-corrected chi connectivity index (χ1v) is 8.76. The summed E-state index contributed by atoms with van der Waals surface area (Å²) in [5, 5.41) is 0.439. The van der Waals surface area contributed by atoms with Gasteiger partial charge in [-0.15, -0.1) is 0 Å². The van der Waals surface area contributed by atoms with E-state index in [1.54, 1.807) is 43.5 Å². The Balaban J connectivity index is 1.93. The van der Waals surface area contributed by atoms with E-state index in [1.165, 1.54) is 12.1 Å². The van der Waals surface area contributed by atoms with Crippen LogP contribution in [0.3, 0.4) is 0 Å². The van der Waals surface area contributed by atoms with E-state index in [0.717, 1.165) is 12.0 Å². The minimum Gasteiger partial charge on any atom is -0.493 e. The van der Waals surface area contributed by atoms with E-state index in [9.17, 15) is 9.59 Å². The van der Waals surface area contributed by atoms with Gasteiger partial charge in [0, 0.05) is 16.7 Å². The number of hydrogen-bond acceptors (Lipinski definition) is 4. The van der Waals surface area contributed by atoms with Crippen molar-refractivity contribution in [2.45, 2.75) is 13.3 Å². The average Bonchev–Trinajstić information content (AvgIpc) is 2.69. The van der Waals surface area contributed by atoms with Crippen LogP contribution in [0.25, 0.3) is 6.08 Å². The number of nitrogens with one attached hydrogen (secondary N) is 2. The minimum absolute atomic E-state index is 0.346. The van der Waals surface area contributed by atoms with Crippen molar-refractivity contribution in [1.82, 2.24) is 10.9 Å². The van der Waals surface area contributed by atoms with Gasteiger partial charge in [-0.25, -0.2) is 0 Å². The van der Waals surface area contributed by atoms with Gasteiger partial charge >= 0.3 is 0 Å². The topological polar surface area (TPSA) is 76.7 Å². The van der Waals surface area contributed by atoms with Crippen LogP contribution in [0.4, 0.5) is 0 Å². The summed E-state index contributed by atoms with van der Waals surface area (Å²) >= 11 is 5.84. The number of carbonyl (C=O) groups excluding carboxylic acids is 2. The van der Waals surface area contributed by atoms with Crippen molar-refractivity contribution in [3.8, 4) is 11.5 Å². The number of hydrazine groups is 1. The van der Waals surface area contributed by atoms with Gasteiger partial charge in [-0.1, -0.05) is 30.7 Å². The number of ether oxygens (including phenoxy) is 2. The third kappa shape index (κ3) is 6.34. The number of hydrogen-bond donors (Lipinski definition) is 2. The number of carbonyl (C=O) groups is 2. The Morgan fingerprint density at radius 2 is 1.93 bits per heavy atom. The highest BCUT2D eigenvalue weighted by molar-refractivity contribution is 6.30. The molecule has 0 fully saturated rings. The second-order valence-corrected chi connectivity index (χ2v) is 5.98. The van der Waals surface area contributed by atoms with E-state index in [2.05, 4.69) is 10.9 Å². The molecule has 0 bridgehead atoms. The third-order valence-corrected chi connectivity index (χ3v) is 3.70. The van der Waals surface area contributed by atoms with Gasteiger partial charge < -0.3 is 9.47 Å². The summed E-state index contributed by atoms with van der Waals surface area (Å²) in [5.41, 5.74) is 5.74. The number of amides is 2. The lowest BCUT2D eigenvalue weighted by Gasteiger charge is -2.10. The van der Waals surface area contributed by atoms with Crippen LogP contribution in [-0.4, -0.2) is 25.5 Å². The fourth-order valence-corrected chi connectivity index (χ4v) is 2.34. The van der Waals surface area contributed by atoms with Crippen LogP contribution in [0.2, 0.25) is 5.02 Å². The number of benzene rings is 2. The first-order chi connectivity index (χ1) is 13.0. The van der Waals surface area contributed by atoms with E-state index in [1.807, 2.05) is 13.0 Å². The van der Waals surface area contributed by atoms with Crippen molar-refractivity contribution < 1.29 is 19.1 Å². The maximum atomic E-state index is 11.9. The molecule has 0 radical (unpaired) electrons. The van der Waals surface area contributed by atoms with Gasteiger partial charge in [-0.2, -0.15) is 0 Å². The van der Waals surface area contributed by atoms with Gasteiger partial charge in [0.1, 0.15) is 0 Å². The largest absolute Gasteiger partial charge is 0.493 e. The summed E-state index contributed by atoms with van der Waals surface area (Å²) in [6, 6.07) is 11.8. The molecule has 2 aromatic carbocycles. The standard InChI is InChI=1S/C20H21ClN2O4/c1-3-11-27-17-9-7-14(12-18(17)26-2)8-10-19(24)22-23-20(25)15-5-4-6-16(21)13-15/h4-10,12-13H,3,11H2,1-2H3,(H,22,24)(H,23,25)/b10-8+. The van der Waals surface area contributed by atoms with Crippen LogP contribution in [-0.2, 0) is 4.79 Å². The monoisotopic (exact) mass is 388 g/mol. The predicted molar refractivity (Wildman–Crippen MR) is 105 cm³/mol. The number of halogens is 1. The fraction of sp³-hybridized carbons (Fsp3) is 0.200. The van der Waals surface area contributed by atoms with E-state index in [0.29, 0.717) is 28.7 Å². The molecule has 0 unspecified atom stereocenters. The molecule has 0 heterocycles. The van der Waals surface area contributed by atoms with Gasteiger partial charge in [0.25, 0.3) is 11.8 Å². The molecule has 6 nitrogen and oxygen atoms in total. The summed E-state index contributed by atoms with van der Waals surface area (Å²) in [7, 11) is 1.56. The summed E-state index contributed by atoms with van der Waals surface area (Å²) in [6.07, 6.45) is 3.80. The molecule has 2 amide bonds. The highest BCUT2D eigenvalue weighted by atomic mass is 35.5. The molecule has 7 heteroatoms. The Labute approximate surface area is 163 Å². The fourth-order valence-electron chi connectivity index (χ4n) is 2.15. The van der Waals surface area contributed by atoms with Gasteiger partial charge in [0.2, 0.25) is 0 Å². The molecule has 142 valence electrons. The molecule has 0 aliphatic rings. The van der Waals surface area contributed by atoms with Crippen molar-refractivity contribution in [3.63, 3.8) is 0 Å². The van der Waals surface area contributed by atoms with Crippen molar-refractivity contribution in [3.05, 3.63) is 64.7 Å². The highest BCUT2D eigenvalue weighted by Crippen LogP contribution is 2.28. The zero-order chi connectivity index (χ0) is 19.6. The molecule has 0 aromatic heterocycles. The smallest absolute Gasteiger partial charge is 0.269 e. The molecule has 0 spiro atoms. The summed E-state index contributed by atoms with van der Waals surface area (Å²) in [5.74, 6) is 0.295. The number of rotatable bonds is 7. The molecule has 0 saturated carbocycles. The van der Waals surface area contributed by atoms with Crippen LogP contribution in [0.15, 0.2) is 48.5 Å². The Bertz CT molecular complexity index is 836. The predicted octanol–water partition coefficient (Wildman–Crippen LogP) is 3.61. The maximum Gasteiger partial charge on any atom is 0.269 e. The lowest BCUT2D eigenvalue weighted by Crippen LogP contribution is -2.40. The Kier molecular flexibility index (Phi) is 7.70. The quantitative estimate of drug-likeness (QED) is 0.561. The molecule has 0 aliphatic carbocycles. The molecule has 2 aromatic rings. The van der Waals surface area contributed by atoms with Crippen LogP contribution < -0.4 is 20.3 Å². The Morgan fingerprint density at radius 1 is 1.11 bits per heavy atom. The average molecular weight is 389 g/mol. The SMILES string of the molecule is CCCOc1ccc(/C=C/C(=O)NNC(=O)c2cccc(Cl)c2)cc1OC. The Hall–Kier alpha value is -2.99.